The van der Waals surface area contributed by atoms with Gasteiger partial charge in [0.1, 0.15) is 72.3 Å². The largest absolute Gasteiger partial charge is 0.390 e. The summed E-state index contributed by atoms with van der Waals surface area (Å²) in [6.45, 7) is 31.6. The zero-order valence-corrected chi connectivity index (χ0v) is 71.0. The number of alkyl halides is 2. The number of halogens is 2. The van der Waals surface area contributed by atoms with E-state index in [1.807, 2.05) is 61.5 Å². The molecule has 2 fully saturated rings. The van der Waals surface area contributed by atoms with Gasteiger partial charge in [0.05, 0.1) is 31.8 Å². The Morgan fingerprint density at radius 2 is 1.08 bits per heavy atom. The highest BCUT2D eigenvalue weighted by atomic mass is 35.5. The van der Waals surface area contributed by atoms with Crippen molar-refractivity contribution in [3.63, 3.8) is 0 Å². The maximum atomic E-state index is 15.1. The number of carbonyl (C=O) groups is 11. The molecular formula is C74H130Cl2N17O14P. The van der Waals surface area contributed by atoms with Gasteiger partial charge in [-0.05, 0) is 107 Å². The number of amides is 11. The Morgan fingerprint density at radius 1 is 0.593 bits per heavy atom. The minimum absolute atomic E-state index is 0.0229. The molecule has 0 bridgehead atoms. The number of allylic oxidation sites excluding steroid dienone is 2. The molecule has 13 atom stereocenters. The molecule has 4 heterocycles. The third-order valence-electron chi connectivity index (χ3n) is 19.1. The standard InChI is InChI=1S/C62H111N11O12.C7H15Cl2N2O2P.C5H4N4/c1-25-27-28-40(15)52(75)51-56(79)65-43(26-2)58(81)67(18)33-48(74)68(19)44(29-34(3)4)55(78)66-49(38(11)12)61(84)69(20)45(30-35(5)6)54(77)63-41(16)53(76)64-42(17)57(80)70(21)46(31-36(7)8)59(82)71(22)47(32-37(9)10)60(83)72(23)50(39(13)14)62(85)73(51)24;8-2-5-11(6-3-9)14(12)10-4-1-7-13-14;1-4-5(8-2-6-1)9-3-7-4/h25,27,34-47,49-52,75H,26,28-33H2,1-24H3,(H,63,77)(H,64,76)(H,65,79)(H,66,78);1-7H2,(H,10,12);1-3H,(H,6,7,8,9)/b27-25+;;/t40-,41-,42-,43+,44-,45-,46-,47-,49+,50-,51-,52-;;/m1../s1. The van der Waals surface area contributed by atoms with Crippen LogP contribution >= 0.6 is 30.9 Å². The van der Waals surface area contributed by atoms with E-state index < -0.39 is 163 Å². The number of H-pyrrole nitrogens is 1. The van der Waals surface area contributed by atoms with Crippen molar-refractivity contribution in [2.45, 2.75) is 229 Å². The molecule has 2 aromatic rings. The third kappa shape index (κ3) is 28.8. The van der Waals surface area contributed by atoms with E-state index in [1.54, 1.807) is 71.7 Å². The quantitative estimate of drug-likeness (QED) is 0.0488. The van der Waals surface area contributed by atoms with Crippen LogP contribution in [0.5, 0.6) is 0 Å². The maximum Gasteiger partial charge on any atom is 0.343 e. The van der Waals surface area contributed by atoms with Crippen LogP contribution in [-0.2, 0) is 61.8 Å². The predicted molar refractivity (Wildman–Crippen MR) is 419 cm³/mol. The molecule has 2 aromatic heterocycles. The molecule has 108 heavy (non-hydrogen) atoms. The average Bonchev–Trinajstić information content (AvgIpc) is 1.07. The van der Waals surface area contributed by atoms with Crippen molar-refractivity contribution in [1.82, 2.24) is 85.3 Å². The van der Waals surface area contributed by atoms with Gasteiger partial charge >= 0.3 is 7.67 Å². The van der Waals surface area contributed by atoms with Crippen LogP contribution in [0, 0.1) is 41.4 Å². The van der Waals surface area contributed by atoms with E-state index in [9.17, 15) is 52.8 Å². The number of hydrogen-bond donors (Lipinski definition) is 7. The van der Waals surface area contributed by atoms with Crippen LogP contribution in [0.15, 0.2) is 31.0 Å². The van der Waals surface area contributed by atoms with Crippen molar-refractivity contribution in [3.8, 4) is 0 Å². The van der Waals surface area contributed by atoms with Crippen LogP contribution in [0.1, 0.15) is 163 Å². The molecule has 614 valence electrons. The highest BCUT2D eigenvalue weighted by Gasteiger charge is 2.46. The second-order valence-electron chi connectivity index (χ2n) is 30.7. The maximum absolute atomic E-state index is 15.1. The lowest BCUT2D eigenvalue weighted by Gasteiger charge is -2.41. The van der Waals surface area contributed by atoms with E-state index >= 15 is 9.59 Å². The number of aliphatic hydroxyl groups excluding tert-OH is 1. The van der Waals surface area contributed by atoms with Gasteiger partial charge in [0, 0.05) is 80.7 Å². The van der Waals surface area contributed by atoms with Crippen LogP contribution in [0.4, 0.5) is 0 Å². The zero-order valence-electron chi connectivity index (χ0n) is 68.6. The fraction of sp³-hybridized carbons (Fsp3) is 0.757. The summed E-state index contributed by atoms with van der Waals surface area (Å²) in [5, 5.41) is 26.0. The van der Waals surface area contributed by atoms with E-state index in [2.05, 4.69) is 46.3 Å². The van der Waals surface area contributed by atoms with Gasteiger partial charge in [-0.3, -0.25) is 57.3 Å². The Morgan fingerprint density at radius 3 is 1.56 bits per heavy atom. The van der Waals surface area contributed by atoms with Crippen molar-refractivity contribution >= 4 is 107 Å². The summed E-state index contributed by atoms with van der Waals surface area (Å²) in [5.74, 6) is -8.86. The molecule has 1 unspecified atom stereocenters. The monoisotopic (exact) mass is 1580 g/mol. The Kier molecular flexibility index (Phi) is 42.0. The van der Waals surface area contributed by atoms with Crippen LogP contribution in [0.2, 0.25) is 0 Å². The predicted octanol–water partition coefficient (Wildman–Crippen LogP) is 5.51. The van der Waals surface area contributed by atoms with Crippen molar-refractivity contribution in [1.29, 1.82) is 0 Å². The fourth-order valence-corrected chi connectivity index (χ4v) is 15.3. The summed E-state index contributed by atoms with van der Waals surface area (Å²) in [6.07, 6.45) is 8.69. The van der Waals surface area contributed by atoms with Gasteiger partial charge in [0.2, 0.25) is 65.0 Å². The minimum atomic E-state index is -2.84. The van der Waals surface area contributed by atoms with E-state index in [0.29, 0.717) is 43.5 Å². The molecule has 0 aliphatic carbocycles. The highest BCUT2D eigenvalue weighted by molar-refractivity contribution is 7.54. The smallest absolute Gasteiger partial charge is 0.343 e. The Balaban J connectivity index is 0.00000143. The van der Waals surface area contributed by atoms with Crippen LogP contribution in [0.3, 0.4) is 0 Å². The molecule has 2 saturated heterocycles. The summed E-state index contributed by atoms with van der Waals surface area (Å²) < 4.78 is 19.2. The first kappa shape index (κ1) is 97.2. The van der Waals surface area contributed by atoms with E-state index in [1.165, 1.54) is 94.0 Å². The molecule has 2 aliphatic heterocycles. The van der Waals surface area contributed by atoms with Crippen LogP contribution < -0.4 is 26.4 Å². The third-order valence-corrected chi connectivity index (χ3v) is 21.8. The van der Waals surface area contributed by atoms with E-state index in [0.717, 1.165) is 28.3 Å². The van der Waals surface area contributed by atoms with Gasteiger partial charge in [-0.1, -0.05) is 109 Å². The average molecular weight is 1580 g/mol. The topological polar surface area (TPSA) is 375 Å². The van der Waals surface area contributed by atoms with Gasteiger partial charge < -0.3 is 70.2 Å². The lowest BCUT2D eigenvalue weighted by molar-refractivity contribution is -0.157. The number of rotatable bonds is 20. The SMILES string of the molecule is C/C=C/C[C@@H](C)[C@@H](O)[C@@H]1C(=O)N[C@@H](CC)C(=O)N(C)CC(=O)N(C)[C@H](CC(C)C)C(=O)N[C@@H](C(C)C)C(=O)N(C)[C@H](CC(C)C)C(=O)N[C@H](C)C(=O)N[C@H](C)C(=O)N(C)[C@H](CC(C)C)C(=O)N(C)[C@H](CC(C)C)C(=O)N(C)[C@H](C(C)C)C(=O)N1C.O=P1(N(CCCl)CCCl)NCCCO1.c1ncc2[nH]cnc2n1. The molecular weight excluding hydrogens is 1450 g/mol. The summed E-state index contributed by atoms with van der Waals surface area (Å²) in [6, 6.07) is -12.3. The Labute approximate surface area is 651 Å². The molecule has 0 aromatic carbocycles. The summed E-state index contributed by atoms with van der Waals surface area (Å²) in [5.41, 5.74) is 1.59. The van der Waals surface area contributed by atoms with Crippen LogP contribution in [-0.4, -0.2) is 289 Å². The number of aromatic amines is 1. The normalized spacial score (nSPS) is 25.7. The number of likely N-dealkylation sites (N-methyl/N-ethyl adjacent to an activating group) is 7. The first-order valence-corrected chi connectivity index (χ1v) is 40.4. The van der Waals surface area contributed by atoms with Gasteiger partial charge in [-0.15, -0.1) is 23.2 Å². The van der Waals surface area contributed by atoms with Gasteiger partial charge in [-0.25, -0.2) is 24.7 Å². The van der Waals surface area contributed by atoms with Gasteiger partial charge in [0.25, 0.3) is 0 Å². The number of nitrogens with zero attached hydrogens (tertiary/aromatic N) is 11. The molecule has 4 rings (SSSR count). The van der Waals surface area contributed by atoms with Crippen molar-refractivity contribution in [2.75, 3.05) is 93.9 Å². The number of aromatic nitrogens is 4. The first-order valence-electron chi connectivity index (χ1n) is 37.7. The van der Waals surface area contributed by atoms with Crippen molar-refractivity contribution in [2.24, 2.45) is 41.4 Å². The van der Waals surface area contributed by atoms with Crippen molar-refractivity contribution < 1.29 is 66.9 Å². The molecule has 34 heteroatoms. The van der Waals surface area contributed by atoms with E-state index in [-0.39, 0.29) is 55.8 Å². The number of imidazole rings is 1. The van der Waals surface area contributed by atoms with Crippen LogP contribution in [0.25, 0.3) is 11.2 Å². The lowest BCUT2D eigenvalue weighted by Crippen LogP contribution is -2.63. The summed E-state index contributed by atoms with van der Waals surface area (Å²) in [7, 11) is 7.07. The highest BCUT2D eigenvalue weighted by Crippen LogP contribution is 2.48. The lowest BCUT2D eigenvalue weighted by atomic mass is 9.91. The van der Waals surface area contributed by atoms with Gasteiger partial charge in [0.15, 0.2) is 5.65 Å². The molecule has 2 aliphatic rings. The van der Waals surface area contributed by atoms with Crippen molar-refractivity contribution in [3.05, 3.63) is 31.0 Å². The number of aliphatic hydroxyl groups is 1. The molecule has 7 N–H and O–H groups in total. The zero-order chi connectivity index (χ0) is 82.5. The summed E-state index contributed by atoms with van der Waals surface area (Å²) >= 11 is 11.2. The number of hydrogen-bond acceptors (Lipinski definition) is 17. The number of carbonyl (C=O) groups excluding carboxylic acids is 11. The number of fused-ring (bicyclic) bond motifs is 1. The van der Waals surface area contributed by atoms with E-state index in [4.69, 9.17) is 27.7 Å². The molecule has 0 radical (unpaired) electrons. The minimum Gasteiger partial charge on any atom is -0.390 e. The molecule has 0 spiro atoms. The Bertz CT molecular complexity index is 3280. The fourth-order valence-electron chi connectivity index (χ4n) is 12.7. The Hall–Kier alpha value is -6.89. The van der Waals surface area contributed by atoms with Gasteiger partial charge in [-0.2, -0.15) is 0 Å². The second-order valence-corrected chi connectivity index (χ2v) is 33.6. The first-order chi connectivity index (χ1) is 50.4. The molecule has 11 amide bonds. The summed E-state index contributed by atoms with van der Waals surface area (Å²) in [4.78, 5) is 183. The number of nitrogens with one attached hydrogen (secondary N) is 6. The molecule has 31 nitrogen and oxygen atoms in total. The second kappa shape index (κ2) is 46.7. The molecule has 0 saturated carbocycles.